The second-order valence-corrected chi connectivity index (χ2v) is 6.83. The van der Waals surface area contributed by atoms with E-state index in [1.165, 1.54) is 15.3 Å². The van der Waals surface area contributed by atoms with Crippen molar-refractivity contribution in [3.63, 3.8) is 0 Å². The molecule has 29 heavy (non-hydrogen) atoms. The Morgan fingerprint density at radius 3 is 2.69 bits per heavy atom. The molecule has 3 N–H and O–H groups in total. The number of nitrogen functional groups attached to an aromatic ring is 1. The van der Waals surface area contributed by atoms with Gasteiger partial charge in [0.2, 0.25) is 12.1 Å². The highest BCUT2D eigenvalue weighted by Gasteiger charge is 2.26. The fourth-order valence-electron chi connectivity index (χ4n) is 3.31. The average molecular weight is 418 g/mol. The number of aryl methyl sites for hydroxylation is 1. The molecule has 0 atom stereocenters. The number of hydrogen-bond donors (Lipinski definition) is 2. The molecular formula is C19H22ClN6O3+. The lowest BCUT2D eigenvalue weighted by Crippen LogP contribution is -2.39. The zero-order valence-corrected chi connectivity index (χ0v) is 17.4. The fraction of sp³-hybridized carbons (Fsp3) is 0.368. The zero-order chi connectivity index (χ0) is 21.3. The van der Waals surface area contributed by atoms with Crippen molar-refractivity contribution < 1.29 is 14.7 Å². The van der Waals surface area contributed by atoms with Crippen LogP contribution in [0.5, 0.6) is 5.75 Å². The first kappa shape index (κ1) is 20.5. The molecule has 0 aliphatic heterocycles. The Labute approximate surface area is 172 Å². The second kappa shape index (κ2) is 8.01. The van der Waals surface area contributed by atoms with Gasteiger partial charge in [-0.3, -0.25) is 14.3 Å². The number of ether oxygens (including phenoxy) is 1. The summed E-state index contributed by atoms with van der Waals surface area (Å²) in [5.41, 5.74) is 7.90. The molecule has 0 radical (unpaired) electrons. The highest BCUT2D eigenvalue weighted by molar-refractivity contribution is 6.33. The Kier molecular flexibility index (Phi) is 5.66. The van der Waals surface area contributed by atoms with E-state index in [1.807, 2.05) is 13.8 Å². The van der Waals surface area contributed by atoms with Gasteiger partial charge in [0, 0.05) is 11.2 Å². The van der Waals surface area contributed by atoms with Crippen LogP contribution in [0, 0.1) is 25.7 Å². The van der Waals surface area contributed by atoms with Crippen LogP contribution >= 0.6 is 11.6 Å². The summed E-state index contributed by atoms with van der Waals surface area (Å²) >= 11 is 6.27. The van der Waals surface area contributed by atoms with Crippen molar-refractivity contribution in [3.8, 4) is 17.6 Å². The van der Waals surface area contributed by atoms with Gasteiger partial charge < -0.3 is 10.5 Å². The molecule has 0 saturated carbocycles. The van der Waals surface area contributed by atoms with Crippen molar-refractivity contribution >= 4 is 28.7 Å². The fourth-order valence-corrected chi connectivity index (χ4v) is 3.58. The molecule has 0 unspecified atom stereocenters. The molecule has 0 aromatic carbocycles. The van der Waals surface area contributed by atoms with E-state index in [-0.39, 0.29) is 35.5 Å². The van der Waals surface area contributed by atoms with Gasteiger partial charge in [0.1, 0.15) is 17.8 Å². The van der Waals surface area contributed by atoms with E-state index >= 15 is 0 Å². The molecular weight excluding hydrogens is 396 g/mol. The summed E-state index contributed by atoms with van der Waals surface area (Å²) in [6, 6.07) is 0. The van der Waals surface area contributed by atoms with Gasteiger partial charge in [-0.25, -0.2) is 4.79 Å². The summed E-state index contributed by atoms with van der Waals surface area (Å²) in [6.45, 7) is 5.71. The number of nitrogens with zero attached hydrogens (tertiary/aromatic N) is 5. The lowest BCUT2D eigenvalue weighted by atomic mass is 10.1. The quantitative estimate of drug-likeness (QED) is 0.287. The third-order valence-electron chi connectivity index (χ3n) is 4.60. The van der Waals surface area contributed by atoms with Crippen LogP contribution in [0.2, 0.25) is 5.15 Å². The van der Waals surface area contributed by atoms with Gasteiger partial charge in [-0.15, -0.1) is 5.92 Å². The summed E-state index contributed by atoms with van der Waals surface area (Å²) in [5.74, 6) is 6.44. The van der Waals surface area contributed by atoms with Gasteiger partial charge in [-0.05, 0) is 13.8 Å². The standard InChI is InChI=1S/C19H22ClN6O3/c1-5-6-7-8-24-14-16(20)22-18(21)23-17(14)25(19(24)27)10-13-12(3)15(29-4)11(2)9-26(13)28/h9,28H,5,8,10H2,1-4H3,(H2,21,22,23)/q+1. The van der Waals surface area contributed by atoms with E-state index in [9.17, 15) is 10.0 Å². The molecule has 0 spiro atoms. The van der Waals surface area contributed by atoms with Crippen LogP contribution in [-0.4, -0.2) is 31.4 Å². The molecule has 3 rings (SSSR count). The van der Waals surface area contributed by atoms with Gasteiger partial charge >= 0.3 is 5.69 Å². The number of anilines is 1. The number of nitrogens with two attached hydrogens (primary N) is 1. The Morgan fingerprint density at radius 2 is 2.03 bits per heavy atom. The maximum Gasteiger partial charge on any atom is 0.331 e. The topological polar surface area (TPSA) is 112 Å². The summed E-state index contributed by atoms with van der Waals surface area (Å²) in [5, 5.41) is 10.5. The third kappa shape index (κ3) is 3.59. The van der Waals surface area contributed by atoms with Crippen molar-refractivity contribution in [2.75, 3.05) is 12.8 Å². The molecule has 3 aromatic rings. The van der Waals surface area contributed by atoms with Gasteiger partial charge in [-0.1, -0.05) is 24.4 Å². The SMILES string of the molecule is CCC#CCn1c(=O)n(Cc2c(C)c(OC)c(C)c[n+]2O)c2nc(N)nc(Cl)c21. The van der Waals surface area contributed by atoms with Gasteiger partial charge in [0.25, 0.3) is 5.69 Å². The summed E-state index contributed by atoms with van der Waals surface area (Å²) in [7, 11) is 1.55. The highest BCUT2D eigenvalue weighted by Crippen LogP contribution is 2.25. The Morgan fingerprint density at radius 1 is 1.31 bits per heavy atom. The molecule has 10 heteroatoms. The van der Waals surface area contributed by atoms with Crippen LogP contribution < -0.4 is 20.9 Å². The lowest BCUT2D eigenvalue weighted by molar-refractivity contribution is -0.910. The van der Waals surface area contributed by atoms with E-state index in [1.54, 1.807) is 14.0 Å². The summed E-state index contributed by atoms with van der Waals surface area (Å²) in [4.78, 5) is 21.3. The van der Waals surface area contributed by atoms with E-state index in [0.29, 0.717) is 28.9 Å². The van der Waals surface area contributed by atoms with Crippen LogP contribution in [0.1, 0.15) is 30.2 Å². The molecule has 0 saturated heterocycles. The number of hydrogen-bond acceptors (Lipinski definition) is 6. The molecule has 0 fully saturated rings. The summed E-state index contributed by atoms with van der Waals surface area (Å²) in [6.07, 6.45) is 2.19. The largest absolute Gasteiger partial charge is 0.496 e. The number of imidazole rings is 1. The van der Waals surface area contributed by atoms with Crippen LogP contribution in [-0.2, 0) is 13.1 Å². The number of fused-ring (bicyclic) bond motifs is 1. The normalized spacial score (nSPS) is 10.8. The minimum Gasteiger partial charge on any atom is -0.496 e. The maximum absolute atomic E-state index is 13.2. The van der Waals surface area contributed by atoms with Crippen LogP contribution in [0.25, 0.3) is 11.2 Å². The van der Waals surface area contributed by atoms with Gasteiger partial charge in [-0.2, -0.15) is 9.97 Å². The number of halogens is 1. The lowest BCUT2D eigenvalue weighted by Gasteiger charge is -2.09. The number of pyridine rings is 1. The first-order valence-corrected chi connectivity index (χ1v) is 9.33. The predicted molar refractivity (Wildman–Crippen MR) is 108 cm³/mol. The first-order valence-electron chi connectivity index (χ1n) is 8.95. The predicted octanol–water partition coefficient (Wildman–Crippen LogP) is 1.44. The third-order valence-corrected chi connectivity index (χ3v) is 4.87. The van der Waals surface area contributed by atoms with Crippen molar-refractivity contribution in [1.82, 2.24) is 19.1 Å². The minimum atomic E-state index is -0.383. The van der Waals surface area contributed by atoms with E-state index in [4.69, 9.17) is 22.1 Å². The molecule has 3 aromatic heterocycles. The van der Waals surface area contributed by atoms with E-state index in [0.717, 1.165) is 10.3 Å². The van der Waals surface area contributed by atoms with Gasteiger partial charge in [0.05, 0.1) is 24.8 Å². The monoisotopic (exact) mass is 417 g/mol. The van der Waals surface area contributed by atoms with Crippen molar-refractivity contribution in [2.45, 2.75) is 40.3 Å². The number of aromatic nitrogens is 5. The molecule has 0 amide bonds. The molecule has 3 heterocycles. The zero-order valence-electron chi connectivity index (χ0n) is 16.7. The molecule has 152 valence electrons. The number of methoxy groups -OCH3 is 1. The van der Waals surface area contributed by atoms with Crippen molar-refractivity contribution in [2.24, 2.45) is 0 Å². The molecule has 0 aliphatic rings. The minimum absolute atomic E-state index is 0.0231. The van der Waals surface area contributed by atoms with Crippen LogP contribution in [0.4, 0.5) is 5.95 Å². The summed E-state index contributed by atoms with van der Waals surface area (Å²) < 4.78 is 9.20. The molecule has 9 nitrogen and oxygen atoms in total. The Bertz CT molecular complexity index is 1220. The Balaban J connectivity index is 2.26. The van der Waals surface area contributed by atoms with E-state index in [2.05, 4.69) is 21.8 Å². The van der Waals surface area contributed by atoms with Crippen LogP contribution in [0.3, 0.4) is 0 Å². The van der Waals surface area contributed by atoms with Crippen molar-refractivity contribution in [1.29, 1.82) is 0 Å². The van der Waals surface area contributed by atoms with Crippen LogP contribution in [0.15, 0.2) is 11.0 Å². The van der Waals surface area contributed by atoms with Crippen molar-refractivity contribution in [3.05, 3.63) is 38.7 Å². The van der Waals surface area contributed by atoms with E-state index < -0.39 is 0 Å². The van der Waals surface area contributed by atoms with Gasteiger partial charge in [0.15, 0.2) is 10.8 Å². The average Bonchev–Trinajstić information content (AvgIpc) is 2.91. The highest BCUT2D eigenvalue weighted by atomic mass is 35.5. The second-order valence-electron chi connectivity index (χ2n) is 6.47. The first-order chi connectivity index (χ1) is 13.8. The number of rotatable bonds is 4. The Hall–Kier alpha value is -3.25. The smallest absolute Gasteiger partial charge is 0.331 e. The molecule has 0 aliphatic carbocycles. The molecule has 0 bridgehead atoms. The maximum atomic E-state index is 13.2.